The van der Waals surface area contributed by atoms with Gasteiger partial charge in [-0.2, -0.15) is 5.26 Å². The first-order chi connectivity index (χ1) is 9.06. The number of aromatic nitrogens is 1. The van der Waals surface area contributed by atoms with Crippen LogP contribution in [0, 0.1) is 23.2 Å². The number of nitriles is 1. The van der Waals surface area contributed by atoms with E-state index >= 15 is 0 Å². The van der Waals surface area contributed by atoms with Gasteiger partial charge in [0.2, 0.25) is 0 Å². The summed E-state index contributed by atoms with van der Waals surface area (Å²) >= 11 is 0. The zero-order valence-corrected chi connectivity index (χ0v) is 11.4. The van der Waals surface area contributed by atoms with E-state index in [0.29, 0.717) is 11.8 Å². The molecule has 5 nitrogen and oxygen atoms in total. The zero-order chi connectivity index (χ0) is 14.0. The number of esters is 1. The van der Waals surface area contributed by atoms with Crippen LogP contribution >= 0.6 is 0 Å². The van der Waals surface area contributed by atoms with E-state index in [4.69, 9.17) is 0 Å². The molecule has 0 N–H and O–H groups in total. The first kappa shape index (κ1) is 13.3. The van der Waals surface area contributed by atoms with E-state index in [1.165, 1.54) is 7.11 Å². The number of anilines is 1. The normalized spacial score (nSPS) is 22.1. The van der Waals surface area contributed by atoms with Crippen LogP contribution in [0.5, 0.6) is 0 Å². The van der Waals surface area contributed by atoms with Gasteiger partial charge in [-0.3, -0.25) is 0 Å². The highest BCUT2D eigenvalue weighted by Crippen LogP contribution is 2.29. The molecule has 0 aliphatic carbocycles. The molecule has 1 fully saturated rings. The summed E-state index contributed by atoms with van der Waals surface area (Å²) in [6.45, 7) is 6.23. The Bertz CT molecular complexity index is 526. The van der Waals surface area contributed by atoms with Crippen molar-refractivity contribution in [2.45, 2.75) is 13.8 Å². The lowest BCUT2D eigenvalue weighted by molar-refractivity contribution is 0.0594. The Kier molecular flexibility index (Phi) is 3.70. The lowest BCUT2D eigenvalue weighted by Gasteiger charge is -2.19. The molecule has 0 amide bonds. The largest absolute Gasteiger partial charge is 0.464 e. The van der Waals surface area contributed by atoms with Gasteiger partial charge in [-0.05, 0) is 24.0 Å². The predicted molar refractivity (Wildman–Crippen MR) is 70.8 cm³/mol. The molecule has 2 heterocycles. The van der Waals surface area contributed by atoms with Crippen LogP contribution < -0.4 is 4.90 Å². The van der Waals surface area contributed by atoms with Crippen LogP contribution in [0.4, 0.5) is 5.69 Å². The number of ether oxygens (including phenoxy) is 1. The summed E-state index contributed by atoms with van der Waals surface area (Å²) in [4.78, 5) is 17.6. The van der Waals surface area contributed by atoms with E-state index in [-0.39, 0.29) is 11.4 Å². The van der Waals surface area contributed by atoms with Crippen LogP contribution in [0.1, 0.15) is 30.0 Å². The molecule has 1 aliphatic rings. The number of carbonyl (C=O) groups excluding carboxylic acids is 1. The highest BCUT2D eigenvalue weighted by Gasteiger charge is 2.28. The standard InChI is InChI=1S/C14H17N3O2/c1-9-7-17(8-10(9)2)13-5-4-11(14(18)19-3)16-12(13)6-15/h4-5,9-10H,7-8H2,1-3H3. The third-order valence-electron chi connectivity index (χ3n) is 3.70. The van der Waals surface area contributed by atoms with E-state index in [2.05, 4.69) is 34.5 Å². The van der Waals surface area contributed by atoms with Crippen LogP contribution in [0.2, 0.25) is 0 Å². The molecule has 1 aliphatic heterocycles. The second-order valence-corrected chi connectivity index (χ2v) is 5.03. The average Bonchev–Trinajstić information content (AvgIpc) is 2.76. The predicted octanol–water partition coefficient (Wildman–Crippen LogP) is 1.83. The van der Waals surface area contributed by atoms with Crippen molar-refractivity contribution in [1.82, 2.24) is 4.98 Å². The summed E-state index contributed by atoms with van der Waals surface area (Å²) < 4.78 is 4.61. The fraction of sp³-hybridized carbons (Fsp3) is 0.500. The van der Waals surface area contributed by atoms with Gasteiger partial charge in [-0.15, -0.1) is 0 Å². The second-order valence-electron chi connectivity index (χ2n) is 5.03. The monoisotopic (exact) mass is 259 g/mol. The molecule has 2 unspecified atom stereocenters. The molecule has 0 bridgehead atoms. The number of pyridine rings is 1. The number of nitrogens with zero attached hydrogens (tertiary/aromatic N) is 3. The molecule has 19 heavy (non-hydrogen) atoms. The summed E-state index contributed by atoms with van der Waals surface area (Å²) in [5.74, 6) is 0.657. The van der Waals surface area contributed by atoms with Gasteiger partial charge in [0.05, 0.1) is 12.8 Å². The van der Waals surface area contributed by atoms with Crippen molar-refractivity contribution in [2.75, 3.05) is 25.1 Å². The quantitative estimate of drug-likeness (QED) is 0.758. The Morgan fingerprint density at radius 2 is 2.05 bits per heavy atom. The van der Waals surface area contributed by atoms with Crippen molar-refractivity contribution >= 4 is 11.7 Å². The van der Waals surface area contributed by atoms with Crippen LogP contribution in [0.25, 0.3) is 0 Å². The molecule has 1 aromatic heterocycles. The van der Waals surface area contributed by atoms with Gasteiger partial charge >= 0.3 is 5.97 Å². The van der Waals surface area contributed by atoms with Crippen LogP contribution in [0.3, 0.4) is 0 Å². The van der Waals surface area contributed by atoms with Crippen molar-refractivity contribution in [1.29, 1.82) is 5.26 Å². The van der Waals surface area contributed by atoms with Crippen LogP contribution in [-0.4, -0.2) is 31.2 Å². The van der Waals surface area contributed by atoms with Gasteiger partial charge < -0.3 is 9.64 Å². The molecular weight excluding hydrogens is 242 g/mol. The van der Waals surface area contributed by atoms with Crippen molar-refractivity contribution in [3.63, 3.8) is 0 Å². The van der Waals surface area contributed by atoms with Crippen molar-refractivity contribution in [2.24, 2.45) is 11.8 Å². The highest BCUT2D eigenvalue weighted by atomic mass is 16.5. The fourth-order valence-electron chi connectivity index (χ4n) is 2.33. The molecule has 0 spiro atoms. The third-order valence-corrected chi connectivity index (χ3v) is 3.70. The molecule has 1 saturated heterocycles. The van der Waals surface area contributed by atoms with Crippen molar-refractivity contribution in [3.8, 4) is 6.07 Å². The van der Waals surface area contributed by atoms with Gasteiger partial charge in [0.1, 0.15) is 11.8 Å². The van der Waals surface area contributed by atoms with Crippen molar-refractivity contribution < 1.29 is 9.53 Å². The molecule has 5 heteroatoms. The van der Waals surface area contributed by atoms with E-state index in [0.717, 1.165) is 18.8 Å². The summed E-state index contributed by atoms with van der Waals surface area (Å²) in [7, 11) is 1.30. The van der Waals surface area contributed by atoms with Gasteiger partial charge in [0.15, 0.2) is 5.69 Å². The number of carbonyl (C=O) groups is 1. The Balaban J connectivity index is 2.32. The Labute approximate surface area is 112 Å². The minimum atomic E-state index is -0.522. The lowest BCUT2D eigenvalue weighted by Crippen LogP contribution is -2.21. The van der Waals surface area contributed by atoms with E-state index in [1.54, 1.807) is 12.1 Å². The third kappa shape index (κ3) is 2.53. The fourth-order valence-corrected chi connectivity index (χ4v) is 2.33. The summed E-state index contributed by atoms with van der Waals surface area (Å²) in [5, 5.41) is 9.20. The number of hydrogen-bond acceptors (Lipinski definition) is 5. The Morgan fingerprint density at radius 1 is 1.42 bits per heavy atom. The smallest absolute Gasteiger partial charge is 0.356 e. The summed E-state index contributed by atoms with van der Waals surface area (Å²) in [6, 6.07) is 5.45. The molecule has 0 radical (unpaired) electrons. The maximum atomic E-state index is 11.4. The maximum Gasteiger partial charge on any atom is 0.356 e. The molecule has 2 rings (SSSR count). The lowest BCUT2D eigenvalue weighted by atomic mass is 10.0. The Hall–Kier alpha value is -2.09. The number of hydrogen-bond donors (Lipinski definition) is 0. The molecule has 100 valence electrons. The molecule has 2 atom stereocenters. The number of rotatable bonds is 2. The van der Waals surface area contributed by atoms with Gasteiger partial charge in [-0.25, -0.2) is 9.78 Å². The van der Waals surface area contributed by atoms with E-state index < -0.39 is 5.97 Å². The SMILES string of the molecule is COC(=O)c1ccc(N2CC(C)C(C)C2)c(C#N)n1. The molecule has 0 aromatic carbocycles. The topological polar surface area (TPSA) is 66.2 Å². The molecule has 1 aromatic rings. The maximum absolute atomic E-state index is 11.4. The summed E-state index contributed by atoms with van der Waals surface area (Å²) in [6.07, 6.45) is 0. The Morgan fingerprint density at radius 3 is 2.58 bits per heavy atom. The zero-order valence-electron chi connectivity index (χ0n) is 11.4. The van der Waals surface area contributed by atoms with Gasteiger partial charge in [-0.1, -0.05) is 13.8 Å². The average molecular weight is 259 g/mol. The van der Waals surface area contributed by atoms with Crippen LogP contribution in [0.15, 0.2) is 12.1 Å². The minimum absolute atomic E-state index is 0.170. The van der Waals surface area contributed by atoms with Crippen LogP contribution in [-0.2, 0) is 4.74 Å². The second kappa shape index (κ2) is 5.27. The van der Waals surface area contributed by atoms with Crippen molar-refractivity contribution in [3.05, 3.63) is 23.5 Å². The first-order valence-corrected chi connectivity index (χ1v) is 6.31. The van der Waals surface area contributed by atoms with E-state index in [9.17, 15) is 10.1 Å². The number of methoxy groups -OCH3 is 1. The first-order valence-electron chi connectivity index (χ1n) is 6.31. The van der Waals surface area contributed by atoms with Gasteiger partial charge in [0.25, 0.3) is 0 Å². The minimum Gasteiger partial charge on any atom is -0.464 e. The highest BCUT2D eigenvalue weighted by molar-refractivity contribution is 5.87. The molecular formula is C14H17N3O2. The summed E-state index contributed by atoms with van der Waals surface area (Å²) in [5.41, 5.74) is 1.25. The van der Waals surface area contributed by atoms with Gasteiger partial charge in [0, 0.05) is 13.1 Å². The van der Waals surface area contributed by atoms with E-state index in [1.807, 2.05) is 0 Å². The molecule has 0 saturated carbocycles.